The molecule has 4 rings (SSSR count). The Labute approximate surface area is 128 Å². The molecule has 3 saturated carbocycles. The monoisotopic (exact) mass is 287 g/mol. The van der Waals surface area contributed by atoms with Gasteiger partial charge in [0.1, 0.15) is 0 Å². The lowest BCUT2D eigenvalue weighted by molar-refractivity contribution is 0.00642. The SMILES string of the molecule is C[C@]12CCC(N)CC1=CC=C1[C@H]2CC[C@]2(C)C(O)CC[C@@H]12. The minimum absolute atomic E-state index is 0.0951. The molecule has 0 aromatic carbocycles. The van der Waals surface area contributed by atoms with E-state index in [-0.39, 0.29) is 11.5 Å². The van der Waals surface area contributed by atoms with Gasteiger partial charge in [0.2, 0.25) is 0 Å². The van der Waals surface area contributed by atoms with Crippen LogP contribution >= 0.6 is 0 Å². The summed E-state index contributed by atoms with van der Waals surface area (Å²) in [7, 11) is 0. The fourth-order valence-corrected chi connectivity index (χ4v) is 6.00. The first-order valence-corrected chi connectivity index (χ1v) is 8.80. The summed E-state index contributed by atoms with van der Waals surface area (Å²) < 4.78 is 0. The zero-order valence-electron chi connectivity index (χ0n) is 13.4. The van der Waals surface area contributed by atoms with Gasteiger partial charge < -0.3 is 10.8 Å². The van der Waals surface area contributed by atoms with Crippen molar-refractivity contribution >= 4 is 0 Å². The third-order valence-corrected chi connectivity index (χ3v) is 7.56. The first-order valence-electron chi connectivity index (χ1n) is 8.80. The molecule has 2 nitrogen and oxygen atoms in total. The molecular weight excluding hydrogens is 258 g/mol. The maximum Gasteiger partial charge on any atom is 0.0599 e. The lowest BCUT2D eigenvalue weighted by atomic mass is 9.51. The predicted octanol–water partition coefficient (Wildman–Crippen LogP) is 3.56. The maximum atomic E-state index is 10.4. The van der Waals surface area contributed by atoms with E-state index in [0.29, 0.717) is 23.3 Å². The van der Waals surface area contributed by atoms with Gasteiger partial charge in [-0.1, -0.05) is 37.1 Å². The number of hydrogen-bond donors (Lipinski definition) is 2. The van der Waals surface area contributed by atoms with E-state index >= 15 is 0 Å². The molecule has 21 heavy (non-hydrogen) atoms. The summed E-state index contributed by atoms with van der Waals surface area (Å²) in [6.45, 7) is 4.81. The fourth-order valence-electron chi connectivity index (χ4n) is 6.00. The van der Waals surface area contributed by atoms with Crippen LogP contribution in [0.5, 0.6) is 0 Å². The Morgan fingerprint density at radius 1 is 1.05 bits per heavy atom. The van der Waals surface area contributed by atoms with Crippen molar-refractivity contribution < 1.29 is 5.11 Å². The molecule has 0 heterocycles. The molecule has 4 aliphatic carbocycles. The van der Waals surface area contributed by atoms with E-state index in [1.54, 1.807) is 11.1 Å². The molecule has 6 atom stereocenters. The number of aliphatic hydroxyl groups is 1. The summed E-state index contributed by atoms with van der Waals surface area (Å²) in [4.78, 5) is 0. The van der Waals surface area contributed by atoms with Crippen molar-refractivity contribution in [3.63, 3.8) is 0 Å². The van der Waals surface area contributed by atoms with Gasteiger partial charge in [-0.2, -0.15) is 0 Å². The molecule has 0 radical (unpaired) electrons. The van der Waals surface area contributed by atoms with E-state index in [2.05, 4.69) is 26.0 Å². The molecule has 3 fully saturated rings. The third kappa shape index (κ3) is 1.78. The predicted molar refractivity (Wildman–Crippen MR) is 85.7 cm³/mol. The minimum Gasteiger partial charge on any atom is -0.393 e. The standard InChI is InChI=1S/C19H29NO/c1-18-9-7-13(20)11-12(18)3-4-14-15-5-6-17(21)19(15,2)10-8-16(14)18/h3-4,13,15-17,21H,5-11,20H2,1-2H3/t13?,15-,16+,17?,18-,19-/m0/s1. The van der Waals surface area contributed by atoms with E-state index in [1.807, 2.05) is 0 Å². The minimum atomic E-state index is -0.0951. The van der Waals surface area contributed by atoms with Gasteiger partial charge >= 0.3 is 0 Å². The number of hydrogen-bond acceptors (Lipinski definition) is 2. The summed E-state index contributed by atoms with van der Waals surface area (Å²) in [5, 5.41) is 10.4. The number of aliphatic hydroxyl groups excluding tert-OH is 1. The lowest BCUT2D eigenvalue weighted by Gasteiger charge is -2.54. The average Bonchev–Trinajstić information content (AvgIpc) is 2.76. The van der Waals surface area contributed by atoms with Crippen LogP contribution in [-0.2, 0) is 0 Å². The van der Waals surface area contributed by atoms with Crippen LogP contribution in [0.15, 0.2) is 23.3 Å². The van der Waals surface area contributed by atoms with Gasteiger partial charge in [-0.25, -0.2) is 0 Å². The highest BCUT2D eigenvalue weighted by Crippen LogP contribution is 2.63. The van der Waals surface area contributed by atoms with E-state index in [4.69, 9.17) is 5.73 Å². The van der Waals surface area contributed by atoms with Crippen LogP contribution in [0.1, 0.15) is 58.8 Å². The Morgan fingerprint density at radius 2 is 1.86 bits per heavy atom. The third-order valence-electron chi connectivity index (χ3n) is 7.56. The molecule has 0 spiro atoms. The molecule has 0 bridgehead atoms. The van der Waals surface area contributed by atoms with Gasteiger partial charge in [0, 0.05) is 11.5 Å². The van der Waals surface area contributed by atoms with Crippen LogP contribution in [-0.4, -0.2) is 17.3 Å². The number of nitrogens with two attached hydrogens (primary N) is 1. The van der Waals surface area contributed by atoms with Gasteiger partial charge in [-0.15, -0.1) is 0 Å². The zero-order valence-corrected chi connectivity index (χ0v) is 13.4. The fraction of sp³-hybridized carbons (Fsp3) is 0.789. The average molecular weight is 287 g/mol. The van der Waals surface area contributed by atoms with Crippen LogP contribution in [0, 0.1) is 22.7 Å². The van der Waals surface area contributed by atoms with Crippen molar-refractivity contribution in [1.82, 2.24) is 0 Å². The molecular formula is C19H29NO. The van der Waals surface area contributed by atoms with E-state index in [0.717, 1.165) is 12.8 Å². The van der Waals surface area contributed by atoms with Crippen LogP contribution in [0.4, 0.5) is 0 Å². The zero-order chi connectivity index (χ0) is 14.8. The Bertz CT molecular complexity index is 522. The smallest absolute Gasteiger partial charge is 0.0599 e. The Kier molecular flexibility index (Phi) is 2.97. The quantitative estimate of drug-likeness (QED) is 0.715. The topological polar surface area (TPSA) is 46.2 Å². The molecule has 116 valence electrons. The highest BCUT2D eigenvalue weighted by atomic mass is 16.3. The molecule has 2 heteroatoms. The second-order valence-electron chi connectivity index (χ2n) is 8.52. The van der Waals surface area contributed by atoms with Gasteiger partial charge in [0.15, 0.2) is 0 Å². The normalized spacial score (nSPS) is 52.4. The van der Waals surface area contributed by atoms with E-state index in [1.165, 1.54) is 32.1 Å². The van der Waals surface area contributed by atoms with E-state index < -0.39 is 0 Å². The number of fused-ring (bicyclic) bond motifs is 5. The van der Waals surface area contributed by atoms with E-state index in [9.17, 15) is 5.11 Å². The second-order valence-corrected chi connectivity index (χ2v) is 8.52. The number of rotatable bonds is 0. The van der Waals surface area contributed by atoms with Crippen LogP contribution in [0.2, 0.25) is 0 Å². The van der Waals surface area contributed by atoms with Gasteiger partial charge in [0.25, 0.3) is 0 Å². The van der Waals surface area contributed by atoms with Gasteiger partial charge in [-0.3, -0.25) is 0 Å². The molecule has 2 unspecified atom stereocenters. The van der Waals surface area contributed by atoms with Crippen LogP contribution < -0.4 is 5.73 Å². The number of allylic oxidation sites excluding steroid dienone is 3. The molecule has 0 aromatic rings. The Balaban J connectivity index is 1.74. The van der Waals surface area contributed by atoms with Gasteiger partial charge in [-0.05, 0) is 62.2 Å². The van der Waals surface area contributed by atoms with Crippen molar-refractivity contribution in [1.29, 1.82) is 0 Å². The van der Waals surface area contributed by atoms with Crippen molar-refractivity contribution in [2.45, 2.75) is 70.9 Å². The summed E-state index contributed by atoms with van der Waals surface area (Å²) in [5.74, 6) is 1.31. The maximum absolute atomic E-state index is 10.4. The highest BCUT2D eigenvalue weighted by Gasteiger charge is 2.55. The summed E-state index contributed by atoms with van der Waals surface area (Å²) in [6, 6.07) is 0.362. The van der Waals surface area contributed by atoms with Crippen molar-refractivity contribution in [2.24, 2.45) is 28.4 Å². The Hall–Kier alpha value is -0.600. The first-order chi connectivity index (χ1) is 9.95. The van der Waals surface area contributed by atoms with Crippen molar-refractivity contribution in [3.8, 4) is 0 Å². The highest BCUT2D eigenvalue weighted by molar-refractivity contribution is 5.39. The van der Waals surface area contributed by atoms with Gasteiger partial charge in [0.05, 0.1) is 6.10 Å². The largest absolute Gasteiger partial charge is 0.393 e. The molecule has 0 amide bonds. The summed E-state index contributed by atoms with van der Waals surface area (Å²) in [6.07, 6.45) is 12.8. The summed E-state index contributed by atoms with van der Waals surface area (Å²) >= 11 is 0. The summed E-state index contributed by atoms with van der Waals surface area (Å²) in [5.41, 5.74) is 9.92. The Morgan fingerprint density at radius 3 is 2.67 bits per heavy atom. The van der Waals surface area contributed by atoms with Crippen molar-refractivity contribution in [2.75, 3.05) is 0 Å². The van der Waals surface area contributed by atoms with Crippen LogP contribution in [0.3, 0.4) is 0 Å². The van der Waals surface area contributed by atoms with Crippen LogP contribution in [0.25, 0.3) is 0 Å². The molecule has 3 N–H and O–H groups in total. The second kappa shape index (κ2) is 4.45. The van der Waals surface area contributed by atoms with Crippen molar-refractivity contribution in [3.05, 3.63) is 23.3 Å². The molecule has 4 aliphatic rings. The molecule has 0 saturated heterocycles. The molecule has 0 aliphatic heterocycles. The first kappa shape index (κ1) is 14.0. The molecule has 0 aromatic heterocycles. The lowest BCUT2D eigenvalue weighted by Crippen LogP contribution is -2.47.